The maximum absolute atomic E-state index is 13.3. The molecular weight excluding hydrogens is 361 g/mol. The van der Waals surface area contributed by atoms with Gasteiger partial charge in [0.05, 0.1) is 12.7 Å². The molecule has 0 saturated carbocycles. The van der Waals surface area contributed by atoms with Crippen molar-refractivity contribution in [3.8, 4) is 11.1 Å². The first-order valence-electron chi connectivity index (χ1n) is 8.91. The molecular formula is C22H24FNO2S. The number of hydrogen-bond acceptors (Lipinski definition) is 4. The molecule has 3 nitrogen and oxygen atoms in total. The summed E-state index contributed by atoms with van der Waals surface area (Å²) >= 11 is 1.91. The number of rotatable bonds is 5. The minimum atomic E-state index is -0.400. The fraction of sp³-hybridized carbons (Fsp3) is 0.318. The molecule has 0 amide bonds. The number of thioether (sulfide) groups is 1. The monoisotopic (exact) mass is 385 g/mol. The molecule has 27 heavy (non-hydrogen) atoms. The molecule has 1 saturated heterocycles. The van der Waals surface area contributed by atoms with Crippen LogP contribution in [-0.2, 0) is 4.74 Å². The Balaban J connectivity index is 1.91. The van der Waals surface area contributed by atoms with Crippen molar-refractivity contribution in [3.63, 3.8) is 0 Å². The topological polar surface area (TPSA) is 29.5 Å². The molecule has 0 N–H and O–H groups in total. The number of halogens is 1. The highest BCUT2D eigenvalue weighted by Gasteiger charge is 2.26. The number of carbonyl (C=O) groups is 1. The number of esters is 1. The summed E-state index contributed by atoms with van der Waals surface area (Å²) in [7, 11) is 3.51. The van der Waals surface area contributed by atoms with E-state index < -0.39 is 5.97 Å². The van der Waals surface area contributed by atoms with E-state index in [9.17, 15) is 9.18 Å². The van der Waals surface area contributed by atoms with Gasteiger partial charge in [-0.2, -0.15) is 11.8 Å². The number of nitrogens with zero attached hydrogens (tertiary/aromatic N) is 1. The van der Waals surface area contributed by atoms with Crippen molar-refractivity contribution >= 4 is 23.8 Å². The van der Waals surface area contributed by atoms with E-state index in [1.54, 1.807) is 18.2 Å². The molecule has 0 spiro atoms. The van der Waals surface area contributed by atoms with Gasteiger partial charge in [0.15, 0.2) is 0 Å². The maximum Gasteiger partial charge on any atom is 0.338 e. The fourth-order valence-electron chi connectivity index (χ4n) is 3.42. The van der Waals surface area contributed by atoms with Gasteiger partial charge >= 0.3 is 5.97 Å². The van der Waals surface area contributed by atoms with Crippen LogP contribution in [0.2, 0.25) is 0 Å². The number of carbonyl (C=O) groups excluding carboxylic acids is 1. The summed E-state index contributed by atoms with van der Waals surface area (Å²) in [6, 6.07) is 12.2. The van der Waals surface area contributed by atoms with Crippen LogP contribution in [0, 0.1) is 5.82 Å². The summed E-state index contributed by atoms with van der Waals surface area (Å²) < 4.78 is 18.2. The zero-order valence-electron chi connectivity index (χ0n) is 15.8. The van der Waals surface area contributed by atoms with Gasteiger partial charge in [0.25, 0.3) is 0 Å². The summed E-state index contributed by atoms with van der Waals surface area (Å²) in [6.45, 7) is 1.10. The van der Waals surface area contributed by atoms with Crippen molar-refractivity contribution in [2.75, 3.05) is 27.0 Å². The third kappa shape index (κ3) is 4.60. The Labute approximate surface area is 164 Å². The predicted molar refractivity (Wildman–Crippen MR) is 111 cm³/mol. The van der Waals surface area contributed by atoms with Gasteiger partial charge in [-0.3, -0.25) is 4.90 Å². The minimum Gasteiger partial charge on any atom is -0.465 e. The molecule has 3 rings (SSSR count). The Morgan fingerprint density at radius 2 is 2.00 bits per heavy atom. The van der Waals surface area contributed by atoms with Crippen LogP contribution in [0.1, 0.15) is 22.3 Å². The quantitative estimate of drug-likeness (QED) is 0.696. The van der Waals surface area contributed by atoms with Gasteiger partial charge in [-0.1, -0.05) is 30.4 Å². The molecule has 0 radical (unpaired) electrons. The van der Waals surface area contributed by atoms with Crippen LogP contribution in [0.4, 0.5) is 4.39 Å². The molecule has 1 fully saturated rings. The lowest BCUT2D eigenvalue weighted by Gasteiger charge is -2.15. The first kappa shape index (κ1) is 19.6. The normalized spacial score (nSPS) is 20.3. The first-order chi connectivity index (χ1) is 13.0. The highest BCUT2D eigenvalue weighted by atomic mass is 32.2. The number of ether oxygens (including phenoxy) is 1. The number of likely N-dealkylation sites (tertiary alicyclic amines) is 1. The summed E-state index contributed by atoms with van der Waals surface area (Å²) in [5.74, 6) is -0.703. The molecule has 2 aromatic rings. The summed E-state index contributed by atoms with van der Waals surface area (Å²) in [6.07, 6.45) is 7.61. The van der Waals surface area contributed by atoms with Crippen molar-refractivity contribution in [1.82, 2.24) is 4.90 Å². The largest absolute Gasteiger partial charge is 0.465 e. The van der Waals surface area contributed by atoms with Crippen LogP contribution in [0.15, 0.2) is 48.5 Å². The summed E-state index contributed by atoms with van der Waals surface area (Å²) in [5, 5.41) is 0.668. The molecule has 0 aromatic heterocycles. The van der Waals surface area contributed by atoms with Gasteiger partial charge in [0.1, 0.15) is 5.82 Å². The second-order valence-electron chi connectivity index (χ2n) is 6.76. The Bertz CT molecular complexity index is 835. The Morgan fingerprint density at radius 1 is 1.26 bits per heavy atom. The number of benzene rings is 2. The van der Waals surface area contributed by atoms with Crippen molar-refractivity contribution in [2.24, 2.45) is 0 Å². The number of likely N-dealkylation sites (N-methyl/N-ethyl adjacent to an activating group) is 1. The highest BCUT2D eigenvalue weighted by molar-refractivity contribution is 7.99. The van der Waals surface area contributed by atoms with E-state index in [1.165, 1.54) is 19.2 Å². The molecule has 2 aromatic carbocycles. The van der Waals surface area contributed by atoms with Gasteiger partial charge in [0.2, 0.25) is 0 Å². The van der Waals surface area contributed by atoms with Crippen LogP contribution >= 0.6 is 11.8 Å². The van der Waals surface area contributed by atoms with E-state index >= 15 is 0 Å². The molecule has 0 aliphatic carbocycles. The van der Waals surface area contributed by atoms with E-state index in [0.717, 1.165) is 29.7 Å². The average Bonchev–Trinajstić information content (AvgIpc) is 3.06. The van der Waals surface area contributed by atoms with Crippen LogP contribution in [0.25, 0.3) is 17.2 Å². The van der Waals surface area contributed by atoms with Crippen molar-refractivity contribution in [1.29, 1.82) is 0 Å². The van der Waals surface area contributed by atoms with Gasteiger partial charge in [-0.25, -0.2) is 9.18 Å². The molecule has 1 aliphatic heterocycles. The lowest BCUT2D eigenvalue weighted by molar-refractivity contribution is 0.0601. The van der Waals surface area contributed by atoms with E-state index in [-0.39, 0.29) is 5.82 Å². The summed E-state index contributed by atoms with van der Waals surface area (Å²) in [4.78, 5) is 14.5. The SMILES string of the molecule is COC(=O)c1ccc(/C=C/[C@@H]2C[C@H](SC)CN2C)cc1-c1ccc(F)cc1. The molecule has 0 bridgehead atoms. The molecule has 142 valence electrons. The van der Waals surface area contributed by atoms with Crippen LogP contribution in [0.3, 0.4) is 0 Å². The Hall–Kier alpha value is -2.11. The Kier molecular flexibility index (Phi) is 6.34. The van der Waals surface area contributed by atoms with Crippen molar-refractivity contribution < 1.29 is 13.9 Å². The van der Waals surface area contributed by atoms with E-state index in [2.05, 4.69) is 30.4 Å². The van der Waals surface area contributed by atoms with Crippen molar-refractivity contribution in [2.45, 2.75) is 17.7 Å². The zero-order valence-corrected chi connectivity index (χ0v) is 16.6. The van der Waals surface area contributed by atoms with Gasteiger partial charge < -0.3 is 4.74 Å². The third-order valence-corrected chi connectivity index (χ3v) is 6.02. The molecule has 1 heterocycles. The molecule has 2 atom stereocenters. The van der Waals surface area contributed by atoms with Crippen LogP contribution < -0.4 is 0 Å². The standard InChI is InChI=1S/C22H24FNO2S/c1-24-14-19(27-3)13-18(24)10-4-15-5-11-20(22(25)26-2)21(12-15)16-6-8-17(23)9-7-16/h4-12,18-19H,13-14H2,1-3H3/b10-4+/t18-,19+/m1/s1. The predicted octanol–water partition coefficient (Wildman–Crippen LogP) is 4.73. The van der Waals surface area contributed by atoms with Crippen molar-refractivity contribution in [3.05, 3.63) is 65.5 Å². The minimum absolute atomic E-state index is 0.304. The first-order valence-corrected chi connectivity index (χ1v) is 10.2. The Morgan fingerprint density at radius 3 is 2.63 bits per heavy atom. The molecule has 1 aliphatic rings. The summed E-state index contributed by atoms with van der Waals surface area (Å²) in [5.41, 5.74) is 3.00. The van der Waals surface area contributed by atoms with E-state index in [4.69, 9.17) is 4.74 Å². The van der Waals surface area contributed by atoms with Crippen LogP contribution in [0.5, 0.6) is 0 Å². The van der Waals surface area contributed by atoms with E-state index in [1.807, 2.05) is 23.9 Å². The number of hydrogen-bond donors (Lipinski definition) is 0. The zero-order chi connectivity index (χ0) is 19.4. The number of methoxy groups -OCH3 is 1. The molecule has 0 unspecified atom stereocenters. The smallest absolute Gasteiger partial charge is 0.338 e. The second kappa shape index (κ2) is 8.72. The fourth-order valence-corrected chi connectivity index (χ4v) is 4.19. The van der Waals surface area contributed by atoms with Crippen LogP contribution in [-0.4, -0.2) is 49.1 Å². The maximum atomic E-state index is 13.3. The lowest BCUT2D eigenvalue weighted by Crippen LogP contribution is -2.22. The second-order valence-corrected chi connectivity index (χ2v) is 7.90. The van der Waals surface area contributed by atoms with E-state index in [0.29, 0.717) is 16.9 Å². The highest BCUT2D eigenvalue weighted by Crippen LogP contribution is 2.28. The van der Waals surface area contributed by atoms with Gasteiger partial charge in [-0.05, 0) is 60.7 Å². The third-order valence-electron chi connectivity index (χ3n) is 5.01. The van der Waals surface area contributed by atoms with Gasteiger partial charge in [0, 0.05) is 17.8 Å². The lowest BCUT2D eigenvalue weighted by atomic mass is 9.96. The average molecular weight is 386 g/mol. The van der Waals surface area contributed by atoms with Gasteiger partial charge in [-0.15, -0.1) is 0 Å². The molecule has 5 heteroatoms.